The third-order valence-corrected chi connectivity index (χ3v) is 4.97. The molecule has 0 radical (unpaired) electrons. The van der Waals surface area contributed by atoms with E-state index in [0.717, 1.165) is 11.3 Å². The minimum atomic E-state index is -0.435. The first-order valence-corrected chi connectivity index (χ1v) is 9.65. The van der Waals surface area contributed by atoms with Crippen molar-refractivity contribution in [2.24, 2.45) is 0 Å². The van der Waals surface area contributed by atoms with Gasteiger partial charge in [-0.1, -0.05) is 12.1 Å². The summed E-state index contributed by atoms with van der Waals surface area (Å²) in [7, 11) is 1.59. The number of nitrogens with one attached hydrogen (secondary N) is 1. The monoisotopic (exact) mass is 408 g/mol. The fourth-order valence-electron chi connectivity index (χ4n) is 3.18. The Hall–Kier alpha value is -3.73. The van der Waals surface area contributed by atoms with Crippen LogP contribution in [-0.4, -0.2) is 54.9 Å². The molecule has 8 nitrogen and oxygen atoms in total. The molecule has 1 unspecified atom stereocenters. The lowest BCUT2D eigenvalue weighted by molar-refractivity contribution is -0.117. The summed E-state index contributed by atoms with van der Waals surface area (Å²) in [6.07, 6.45) is 3.03. The van der Waals surface area contributed by atoms with Crippen LogP contribution >= 0.6 is 0 Å². The second-order valence-corrected chi connectivity index (χ2v) is 6.93. The number of carbonyl (C=O) groups excluding carboxylic acids is 2. The molecule has 156 valence electrons. The van der Waals surface area contributed by atoms with Gasteiger partial charge in [-0.2, -0.15) is 5.26 Å². The van der Waals surface area contributed by atoms with E-state index < -0.39 is 5.91 Å². The highest BCUT2D eigenvalue weighted by atomic mass is 16.5. The number of furan rings is 1. The average molecular weight is 408 g/mol. The number of benzene rings is 1. The largest absolute Gasteiger partial charge is 0.497 e. The third-order valence-electron chi connectivity index (χ3n) is 4.97. The molecule has 3 rings (SSSR count). The predicted octanol–water partition coefficient (Wildman–Crippen LogP) is 2.33. The van der Waals surface area contributed by atoms with E-state index in [2.05, 4.69) is 5.32 Å². The first kappa shape index (κ1) is 21.0. The molecule has 2 heterocycles. The highest BCUT2D eigenvalue weighted by Gasteiger charge is 2.23. The summed E-state index contributed by atoms with van der Waals surface area (Å²) in [5, 5.41) is 12.3. The molecule has 1 aromatic heterocycles. The molecule has 30 heavy (non-hydrogen) atoms. The van der Waals surface area contributed by atoms with Gasteiger partial charge >= 0.3 is 0 Å². The number of piperazine rings is 1. The fourth-order valence-corrected chi connectivity index (χ4v) is 3.18. The highest BCUT2D eigenvalue weighted by molar-refractivity contribution is 5.97. The molecule has 8 heteroatoms. The molecule has 1 aromatic carbocycles. The van der Waals surface area contributed by atoms with Crippen LogP contribution in [0.3, 0.4) is 0 Å². The molecule has 0 bridgehead atoms. The Balaban J connectivity index is 1.56. The fraction of sp³-hybridized carbons (Fsp3) is 0.318. The Bertz CT molecular complexity index is 937. The number of hydrogen-bond donors (Lipinski definition) is 1. The van der Waals surface area contributed by atoms with E-state index in [9.17, 15) is 14.9 Å². The Labute approximate surface area is 175 Å². The third kappa shape index (κ3) is 5.00. The van der Waals surface area contributed by atoms with Crippen molar-refractivity contribution in [1.29, 1.82) is 5.26 Å². The van der Waals surface area contributed by atoms with Gasteiger partial charge in [0.2, 0.25) is 0 Å². The Morgan fingerprint density at radius 2 is 1.90 bits per heavy atom. The molecule has 1 aliphatic heterocycles. The second kappa shape index (κ2) is 9.65. The smallest absolute Gasteiger partial charge is 0.289 e. The van der Waals surface area contributed by atoms with Crippen molar-refractivity contribution in [3.8, 4) is 11.8 Å². The molecule has 1 atom stereocenters. The molecule has 1 fully saturated rings. The summed E-state index contributed by atoms with van der Waals surface area (Å²) in [6, 6.07) is 12.4. The molecule has 2 amide bonds. The normalized spacial score (nSPS) is 15.3. The number of nitrogens with zero attached hydrogens (tertiary/aromatic N) is 3. The Kier molecular flexibility index (Phi) is 6.75. The van der Waals surface area contributed by atoms with Crippen LogP contribution < -0.4 is 10.1 Å². The maximum absolute atomic E-state index is 12.6. The number of methoxy groups -OCH3 is 1. The van der Waals surface area contributed by atoms with Gasteiger partial charge in [-0.25, -0.2) is 0 Å². The van der Waals surface area contributed by atoms with Crippen LogP contribution in [0.5, 0.6) is 5.75 Å². The van der Waals surface area contributed by atoms with Gasteiger partial charge in [-0.3, -0.25) is 9.59 Å². The predicted molar refractivity (Wildman–Crippen MR) is 109 cm³/mol. The lowest BCUT2D eigenvalue weighted by atomic mass is 10.1. The van der Waals surface area contributed by atoms with Crippen LogP contribution in [0, 0.1) is 11.3 Å². The number of nitriles is 1. The van der Waals surface area contributed by atoms with Crippen molar-refractivity contribution in [3.05, 3.63) is 65.8 Å². The lowest BCUT2D eigenvalue weighted by Crippen LogP contribution is -2.47. The van der Waals surface area contributed by atoms with Crippen LogP contribution in [0.15, 0.2) is 58.9 Å². The Morgan fingerprint density at radius 1 is 1.20 bits per heavy atom. The molecule has 0 aliphatic carbocycles. The molecule has 2 aromatic rings. The number of amides is 2. The van der Waals surface area contributed by atoms with Crippen LogP contribution in [0.4, 0.5) is 0 Å². The zero-order valence-electron chi connectivity index (χ0n) is 17.0. The SMILES string of the molecule is COc1ccc(C(C)NC(=O)/C(C#N)=C\N2CCN(C(=O)c3ccco3)CC2)cc1. The Morgan fingerprint density at radius 3 is 2.47 bits per heavy atom. The number of hydrogen-bond acceptors (Lipinski definition) is 6. The van der Waals surface area contributed by atoms with Gasteiger partial charge in [0.15, 0.2) is 5.76 Å². The molecule has 1 saturated heterocycles. The van der Waals surface area contributed by atoms with Crippen molar-refractivity contribution < 1.29 is 18.7 Å². The van der Waals surface area contributed by atoms with E-state index in [1.807, 2.05) is 42.2 Å². The van der Waals surface area contributed by atoms with E-state index in [1.165, 1.54) is 6.26 Å². The topological polar surface area (TPSA) is 98.8 Å². The van der Waals surface area contributed by atoms with Gasteiger partial charge in [0, 0.05) is 32.4 Å². The van der Waals surface area contributed by atoms with Crippen molar-refractivity contribution in [2.75, 3.05) is 33.3 Å². The summed E-state index contributed by atoms with van der Waals surface area (Å²) in [6.45, 7) is 3.88. The number of carbonyl (C=O) groups is 2. The quantitative estimate of drug-likeness (QED) is 0.582. The van der Waals surface area contributed by atoms with Crippen LogP contribution in [0.1, 0.15) is 29.1 Å². The summed E-state index contributed by atoms with van der Waals surface area (Å²) in [5.41, 5.74) is 0.938. The van der Waals surface area contributed by atoms with Crippen LogP contribution in [-0.2, 0) is 4.79 Å². The van der Waals surface area contributed by atoms with E-state index in [0.29, 0.717) is 31.9 Å². The summed E-state index contributed by atoms with van der Waals surface area (Å²) in [4.78, 5) is 28.4. The summed E-state index contributed by atoms with van der Waals surface area (Å²) < 4.78 is 10.3. The molecule has 0 spiro atoms. The minimum absolute atomic E-state index is 0.0289. The van der Waals surface area contributed by atoms with E-state index in [4.69, 9.17) is 9.15 Å². The zero-order chi connectivity index (χ0) is 21.5. The van der Waals surface area contributed by atoms with Crippen molar-refractivity contribution in [2.45, 2.75) is 13.0 Å². The lowest BCUT2D eigenvalue weighted by Gasteiger charge is -2.33. The first-order valence-electron chi connectivity index (χ1n) is 9.65. The van der Waals surface area contributed by atoms with Gasteiger partial charge < -0.3 is 24.3 Å². The van der Waals surface area contributed by atoms with E-state index >= 15 is 0 Å². The molecular weight excluding hydrogens is 384 g/mol. The van der Waals surface area contributed by atoms with Gasteiger partial charge in [0.25, 0.3) is 11.8 Å². The summed E-state index contributed by atoms with van der Waals surface area (Å²) >= 11 is 0. The van der Waals surface area contributed by atoms with E-state index in [-0.39, 0.29) is 17.5 Å². The van der Waals surface area contributed by atoms with Crippen LogP contribution in [0.2, 0.25) is 0 Å². The zero-order valence-corrected chi connectivity index (χ0v) is 17.0. The standard InChI is InChI=1S/C22H24N4O4/c1-16(17-5-7-19(29-2)8-6-17)24-21(27)18(14-23)15-25-9-11-26(12-10-25)22(28)20-4-3-13-30-20/h3-8,13,15-16H,9-12H2,1-2H3,(H,24,27)/b18-15-. The molecular formula is C22H24N4O4. The molecule has 0 saturated carbocycles. The second-order valence-electron chi connectivity index (χ2n) is 6.93. The van der Waals surface area contributed by atoms with Gasteiger partial charge in [0.05, 0.1) is 19.4 Å². The van der Waals surface area contributed by atoms with Crippen LogP contribution in [0.25, 0.3) is 0 Å². The van der Waals surface area contributed by atoms with Gasteiger partial charge in [-0.15, -0.1) is 0 Å². The first-order chi connectivity index (χ1) is 14.5. The van der Waals surface area contributed by atoms with E-state index in [1.54, 1.807) is 30.3 Å². The van der Waals surface area contributed by atoms with Crippen molar-refractivity contribution >= 4 is 11.8 Å². The molecule has 1 aliphatic rings. The summed E-state index contributed by atoms with van der Waals surface area (Å²) in [5.74, 6) is 0.452. The van der Waals surface area contributed by atoms with Crippen molar-refractivity contribution in [1.82, 2.24) is 15.1 Å². The van der Waals surface area contributed by atoms with Gasteiger partial charge in [0.1, 0.15) is 17.4 Å². The maximum atomic E-state index is 12.6. The van der Waals surface area contributed by atoms with Gasteiger partial charge in [-0.05, 0) is 36.8 Å². The number of rotatable bonds is 6. The maximum Gasteiger partial charge on any atom is 0.289 e. The molecule has 1 N–H and O–H groups in total. The highest BCUT2D eigenvalue weighted by Crippen LogP contribution is 2.18. The minimum Gasteiger partial charge on any atom is -0.497 e. The average Bonchev–Trinajstić information content (AvgIpc) is 3.32. The number of ether oxygens (including phenoxy) is 1. The van der Waals surface area contributed by atoms with Crippen molar-refractivity contribution in [3.63, 3.8) is 0 Å².